The Morgan fingerprint density at radius 2 is 2.21 bits per heavy atom. The molecule has 1 unspecified atom stereocenters. The second-order valence-electron chi connectivity index (χ2n) is 5.48. The predicted molar refractivity (Wildman–Crippen MR) is 80.6 cm³/mol. The summed E-state index contributed by atoms with van der Waals surface area (Å²) >= 11 is 1.87. The van der Waals surface area contributed by atoms with Gasteiger partial charge < -0.3 is 9.88 Å². The molecule has 0 aliphatic carbocycles. The molecule has 19 heavy (non-hydrogen) atoms. The summed E-state index contributed by atoms with van der Waals surface area (Å²) in [7, 11) is 0. The SMILES string of the molecule is CCCNCC(C)CSc1nnc2n1CCCCC2. The van der Waals surface area contributed by atoms with Gasteiger partial charge in [0.15, 0.2) is 5.16 Å². The lowest BCUT2D eigenvalue weighted by Gasteiger charge is -2.12. The van der Waals surface area contributed by atoms with Crippen LogP contribution in [-0.2, 0) is 13.0 Å². The van der Waals surface area contributed by atoms with Crippen LogP contribution in [0.3, 0.4) is 0 Å². The monoisotopic (exact) mass is 282 g/mol. The summed E-state index contributed by atoms with van der Waals surface area (Å²) in [5.41, 5.74) is 0. The van der Waals surface area contributed by atoms with Crippen LogP contribution in [0.2, 0.25) is 0 Å². The average Bonchev–Trinajstić information content (AvgIpc) is 2.64. The van der Waals surface area contributed by atoms with Gasteiger partial charge in [0.2, 0.25) is 0 Å². The lowest BCUT2D eigenvalue weighted by Crippen LogP contribution is -2.23. The van der Waals surface area contributed by atoms with Gasteiger partial charge in [0.05, 0.1) is 0 Å². The number of hydrogen-bond acceptors (Lipinski definition) is 4. The van der Waals surface area contributed by atoms with Crippen LogP contribution in [0.5, 0.6) is 0 Å². The number of hydrogen-bond donors (Lipinski definition) is 1. The maximum Gasteiger partial charge on any atom is 0.191 e. The third-order valence-electron chi connectivity index (χ3n) is 3.49. The first-order chi connectivity index (χ1) is 9.31. The van der Waals surface area contributed by atoms with E-state index in [1.54, 1.807) is 0 Å². The Hall–Kier alpha value is -0.550. The van der Waals surface area contributed by atoms with Crippen LogP contribution in [0.1, 0.15) is 45.4 Å². The molecule has 0 spiro atoms. The Bertz CT molecular complexity index is 378. The lowest BCUT2D eigenvalue weighted by molar-refractivity contribution is 0.554. The number of thioether (sulfide) groups is 1. The Kier molecular flexibility index (Phi) is 6.17. The van der Waals surface area contributed by atoms with Gasteiger partial charge in [-0.2, -0.15) is 0 Å². The average molecular weight is 282 g/mol. The first-order valence-electron chi connectivity index (χ1n) is 7.57. The molecule has 1 atom stereocenters. The Labute approximate surface area is 120 Å². The number of nitrogens with zero attached hydrogens (tertiary/aromatic N) is 3. The fourth-order valence-electron chi connectivity index (χ4n) is 2.37. The van der Waals surface area contributed by atoms with Crippen LogP contribution in [0, 0.1) is 5.92 Å². The van der Waals surface area contributed by atoms with Crippen LogP contribution in [0.15, 0.2) is 5.16 Å². The van der Waals surface area contributed by atoms with Crippen LogP contribution in [0.25, 0.3) is 0 Å². The molecule has 0 saturated carbocycles. The van der Waals surface area contributed by atoms with Gasteiger partial charge >= 0.3 is 0 Å². The van der Waals surface area contributed by atoms with E-state index < -0.39 is 0 Å². The molecule has 2 rings (SSSR count). The molecular formula is C14H26N4S. The topological polar surface area (TPSA) is 42.7 Å². The quantitative estimate of drug-likeness (QED) is 0.617. The fraction of sp³-hybridized carbons (Fsp3) is 0.857. The van der Waals surface area contributed by atoms with Crippen LogP contribution in [-0.4, -0.2) is 33.6 Å². The zero-order chi connectivity index (χ0) is 13.5. The normalized spacial score (nSPS) is 16.9. The fourth-order valence-corrected chi connectivity index (χ4v) is 3.37. The molecule has 0 amide bonds. The number of aromatic nitrogens is 3. The van der Waals surface area contributed by atoms with Gasteiger partial charge in [-0.1, -0.05) is 32.0 Å². The minimum atomic E-state index is 0.676. The van der Waals surface area contributed by atoms with E-state index >= 15 is 0 Å². The molecule has 0 bridgehead atoms. The smallest absolute Gasteiger partial charge is 0.191 e. The summed E-state index contributed by atoms with van der Waals surface area (Å²) in [6.07, 6.45) is 6.16. The molecule has 1 N–H and O–H groups in total. The zero-order valence-electron chi connectivity index (χ0n) is 12.2. The van der Waals surface area contributed by atoms with Crippen molar-refractivity contribution < 1.29 is 0 Å². The van der Waals surface area contributed by atoms with Crippen molar-refractivity contribution in [3.8, 4) is 0 Å². The maximum absolute atomic E-state index is 4.36. The Balaban J connectivity index is 1.81. The molecule has 1 aliphatic rings. The summed E-state index contributed by atoms with van der Waals surface area (Å²) in [6.45, 7) is 7.83. The summed E-state index contributed by atoms with van der Waals surface area (Å²) in [6, 6.07) is 0. The Morgan fingerprint density at radius 3 is 3.05 bits per heavy atom. The van der Waals surface area contributed by atoms with Crippen molar-refractivity contribution in [2.75, 3.05) is 18.8 Å². The van der Waals surface area contributed by atoms with E-state index in [0.29, 0.717) is 5.92 Å². The molecule has 0 fully saturated rings. The molecule has 5 heteroatoms. The molecule has 1 aromatic heterocycles. The molecule has 0 saturated heterocycles. The minimum absolute atomic E-state index is 0.676. The van der Waals surface area contributed by atoms with Crippen LogP contribution >= 0.6 is 11.8 Å². The predicted octanol–water partition coefficient (Wildman–Crippen LogP) is 2.73. The number of aryl methyl sites for hydroxylation is 1. The number of nitrogens with one attached hydrogen (secondary N) is 1. The first-order valence-corrected chi connectivity index (χ1v) is 8.55. The van der Waals surface area contributed by atoms with E-state index in [1.165, 1.54) is 31.5 Å². The first kappa shape index (κ1) is 14.9. The third kappa shape index (κ3) is 4.49. The molecule has 1 aromatic rings. The van der Waals surface area contributed by atoms with Gasteiger partial charge in [0, 0.05) is 18.7 Å². The van der Waals surface area contributed by atoms with E-state index in [-0.39, 0.29) is 0 Å². The minimum Gasteiger partial charge on any atom is -0.316 e. The van der Waals surface area contributed by atoms with Crippen LogP contribution in [0.4, 0.5) is 0 Å². The molecule has 0 radical (unpaired) electrons. The highest BCUT2D eigenvalue weighted by molar-refractivity contribution is 7.99. The standard InChI is InChI=1S/C14H26N4S/c1-3-8-15-10-12(2)11-19-14-17-16-13-7-5-4-6-9-18(13)14/h12,15H,3-11H2,1-2H3. The maximum atomic E-state index is 4.36. The van der Waals surface area contributed by atoms with Crippen molar-refractivity contribution in [3.63, 3.8) is 0 Å². The van der Waals surface area contributed by atoms with E-state index in [0.717, 1.165) is 37.0 Å². The van der Waals surface area contributed by atoms with Crippen molar-refractivity contribution in [1.29, 1.82) is 0 Å². The van der Waals surface area contributed by atoms with Gasteiger partial charge in [-0.3, -0.25) is 0 Å². The van der Waals surface area contributed by atoms with E-state index in [2.05, 4.69) is 33.9 Å². The highest BCUT2D eigenvalue weighted by Crippen LogP contribution is 2.23. The molecule has 2 heterocycles. The third-order valence-corrected chi connectivity index (χ3v) is 4.79. The van der Waals surface area contributed by atoms with Crippen molar-refractivity contribution in [2.45, 2.75) is 57.7 Å². The van der Waals surface area contributed by atoms with E-state index in [9.17, 15) is 0 Å². The highest BCUT2D eigenvalue weighted by Gasteiger charge is 2.15. The van der Waals surface area contributed by atoms with Gasteiger partial charge in [0.1, 0.15) is 5.82 Å². The lowest BCUT2D eigenvalue weighted by atomic mass is 10.2. The summed E-state index contributed by atoms with van der Waals surface area (Å²) < 4.78 is 2.34. The molecule has 108 valence electrons. The van der Waals surface area contributed by atoms with Crippen LogP contribution < -0.4 is 5.32 Å². The van der Waals surface area contributed by atoms with Crippen molar-refractivity contribution in [1.82, 2.24) is 20.1 Å². The molecule has 0 aromatic carbocycles. The van der Waals surface area contributed by atoms with Gasteiger partial charge in [-0.05, 0) is 38.3 Å². The zero-order valence-corrected chi connectivity index (χ0v) is 13.0. The number of rotatable bonds is 7. The summed E-state index contributed by atoms with van der Waals surface area (Å²) in [5, 5.41) is 13.3. The van der Waals surface area contributed by atoms with Gasteiger partial charge in [-0.25, -0.2) is 0 Å². The van der Waals surface area contributed by atoms with E-state index in [1.807, 2.05) is 11.8 Å². The van der Waals surface area contributed by atoms with Crippen molar-refractivity contribution >= 4 is 11.8 Å². The number of fused-ring (bicyclic) bond motifs is 1. The summed E-state index contributed by atoms with van der Waals surface area (Å²) in [4.78, 5) is 0. The second kappa shape index (κ2) is 7.90. The van der Waals surface area contributed by atoms with Crippen molar-refractivity contribution in [3.05, 3.63) is 5.82 Å². The molecule has 1 aliphatic heterocycles. The highest BCUT2D eigenvalue weighted by atomic mass is 32.2. The largest absolute Gasteiger partial charge is 0.316 e. The van der Waals surface area contributed by atoms with E-state index in [4.69, 9.17) is 0 Å². The molecular weight excluding hydrogens is 256 g/mol. The Morgan fingerprint density at radius 1 is 1.32 bits per heavy atom. The van der Waals surface area contributed by atoms with Gasteiger partial charge in [-0.15, -0.1) is 10.2 Å². The molecule has 4 nitrogen and oxygen atoms in total. The summed E-state index contributed by atoms with van der Waals surface area (Å²) in [5.74, 6) is 2.99. The van der Waals surface area contributed by atoms with Crippen molar-refractivity contribution in [2.24, 2.45) is 5.92 Å². The second-order valence-corrected chi connectivity index (χ2v) is 6.47. The van der Waals surface area contributed by atoms with Gasteiger partial charge in [0.25, 0.3) is 0 Å².